The topological polar surface area (TPSA) is 111 Å². The van der Waals surface area contributed by atoms with Gasteiger partial charge in [0.25, 0.3) is 5.91 Å². The predicted molar refractivity (Wildman–Crippen MR) is 107 cm³/mol. The van der Waals surface area contributed by atoms with Crippen LogP contribution in [0.1, 0.15) is 28.4 Å². The first kappa shape index (κ1) is 21.6. The lowest BCUT2D eigenvalue weighted by molar-refractivity contribution is -0.146. The van der Waals surface area contributed by atoms with E-state index in [0.29, 0.717) is 22.5 Å². The number of rotatable bonds is 7. The molecule has 0 aromatic heterocycles. The molecule has 0 radical (unpaired) electrons. The van der Waals surface area contributed by atoms with E-state index in [1.165, 1.54) is 20.1 Å². The van der Waals surface area contributed by atoms with Crippen LogP contribution < -0.4 is 10.6 Å². The third kappa shape index (κ3) is 6.76. The number of carbonyl (C=O) groups is 4. The van der Waals surface area contributed by atoms with Gasteiger partial charge in [-0.2, -0.15) is 0 Å². The number of ether oxygens (including phenoxy) is 2. The summed E-state index contributed by atoms with van der Waals surface area (Å²) in [6, 6.07) is 11.5. The van der Waals surface area contributed by atoms with Crippen molar-refractivity contribution in [3.05, 3.63) is 59.2 Å². The highest BCUT2D eigenvalue weighted by atomic mass is 16.5. The van der Waals surface area contributed by atoms with E-state index in [4.69, 9.17) is 4.74 Å². The zero-order valence-electron chi connectivity index (χ0n) is 16.4. The summed E-state index contributed by atoms with van der Waals surface area (Å²) in [4.78, 5) is 46.6. The van der Waals surface area contributed by atoms with Crippen LogP contribution in [0.15, 0.2) is 42.5 Å². The van der Waals surface area contributed by atoms with Crippen molar-refractivity contribution in [3.63, 3.8) is 0 Å². The van der Waals surface area contributed by atoms with E-state index in [1.807, 2.05) is 0 Å². The number of carbonyl (C=O) groups excluding carboxylic acids is 4. The number of esters is 2. The van der Waals surface area contributed by atoms with Crippen molar-refractivity contribution in [1.29, 1.82) is 0 Å². The Kier molecular flexibility index (Phi) is 7.47. The summed E-state index contributed by atoms with van der Waals surface area (Å²) in [5.74, 6) is -1.79. The first-order chi connectivity index (χ1) is 13.8. The second kappa shape index (κ2) is 10.0. The molecule has 0 heterocycles. The molecule has 2 amide bonds. The molecule has 8 heteroatoms. The molecule has 2 rings (SSSR count). The molecule has 0 aliphatic heterocycles. The molecule has 0 aliphatic rings. The fraction of sp³-hybridized carbons (Fsp3) is 0.238. The van der Waals surface area contributed by atoms with Crippen LogP contribution in [0.3, 0.4) is 0 Å². The lowest BCUT2D eigenvalue weighted by Crippen LogP contribution is -2.22. The molecule has 0 saturated heterocycles. The first-order valence-electron chi connectivity index (χ1n) is 8.79. The SMILES string of the molecule is COC(=O)c1ccc(C)c(NC(=O)COC(=O)Cc2ccc(NC(C)=O)cc2)c1. The van der Waals surface area contributed by atoms with E-state index in [0.717, 1.165) is 5.56 Å². The number of nitrogens with one attached hydrogen (secondary N) is 2. The smallest absolute Gasteiger partial charge is 0.337 e. The zero-order valence-corrected chi connectivity index (χ0v) is 16.4. The maximum Gasteiger partial charge on any atom is 0.337 e. The van der Waals surface area contributed by atoms with Crippen LogP contribution in [0.2, 0.25) is 0 Å². The van der Waals surface area contributed by atoms with Crippen molar-refractivity contribution in [2.45, 2.75) is 20.3 Å². The monoisotopic (exact) mass is 398 g/mol. The van der Waals surface area contributed by atoms with Crippen molar-refractivity contribution in [2.24, 2.45) is 0 Å². The first-order valence-corrected chi connectivity index (χ1v) is 8.79. The number of benzene rings is 2. The standard InChI is InChI=1S/C21H22N2O6/c1-13-4-7-16(21(27)28-3)11-18(13)23-19(25)12-29-20(26)10-15-5-8-17(9-6-15)22-14(2)24/h4-9,11H,10,12H2,1-3H3,(H,22,24)(H,23,25). The maximum absolute atomic E-state index is 12.1. The van der Waals surface area contributed by atoms with Crippen molar-refractivity contribution < 1.29 is 28.7 Å². The maximum atomic E-state index is 12.1. The lowest BCUT2D eigenvalue weighted by Gasteiger charge is -2.10. The molecule has 0 saturated carbocycles. The Bertz CT molecular complexity index is 921. The minimum absolute atomic E-state index is 0.00944. The van der Waals surface area contributed by atoms with Gasteiger partial charge in [0.05, 0.1) is 19.1 Å². The highest BCUT2D eigenvalue weighted by Gasteiger charge is 2.12. The van der Waals surface area contributed by atoms with Crippen molar-refractivity contribution >= 4 is 35.1 Å². The second-order valence-corrected chi connectivity index (χ2v) is 6.29. The van der Waals surface area contributed by atoms with Gasteiger partial charge in [0.1, 0.15) is 0 Å². The summed E-state index contributed by atoms with van der Waals surface area (Å²) in [5, 5.41) is 5.24. The quantitative estimate of drug-likeness (QED) is 0.693. The van der Waals surface area contributed by atoms with Crippen LogP contribution >= 0.6 is 0 Å². The summed E-state index contributed by atoms with van der Waals surface area (Å²) >= 11 is 0. The molecule has 0 aliphatic carbocycles. The average molecular weight is 398 g/mol. The number of hydrogen-bond acceptors (Lipinski definition) is 6. The fourth-order valence-corrected chi connectivity index (χ4v) is 2.46. The van der Waals surface area contributed by atoms with E-state index in [9.17, 15) is 19.2 Å². The summed E-state index contributed by atoms with van der Waals surface area (Å²) in [6.45, 7) is 2.72. The van der Waals surface area contributed by atoms with Gasteiger partial charge in [-0.3, -0.25) is 14.4 Å². The van der Waals surface area contributed by atoms with Gasteiger partial charge in [-0.25, -0.2) is 4.79 Å². The second-order valence-electron chi connectivity index (χ2n) is 6.29. The molecule has 2 N–H and O–H groups in total. The molecule has 0 bridgehead atoms. The zero-order chi connectivity index (χ0) is 21.4. The van der Waals surface area contributed by atoms with Gasteiger partial charge >= 0.3 is 11.9 Å². The molecule has 8 nitrogen and oxygen atoms in total. The Morgan fingerprint density at radius 3 is 2.28 bits per heavy atom. The van der Waals surface area contributed by atoms with E-state index in [-0.39, 0.29) is 12.3 Å². The lowest BCUT2D eigenvalue weighted by atomic mass is 10.1. The molecular weight excluding hydrogens is 376 g/mol. The molecule has 152 valence electrons. The molecule has 0 atom stereocenters. The number of aryl methyl sites for hydroxylation is 1. The van der Waals surface area contributed by atoms with Crippen molar-refractivity contribution in [1.82, 2.24) is 0 Å². The van der Waals surface area contributed by atoms with Crippen LogP contribution in [0.4, 0.5) is 11.4 Å². The van der Waals surface area contributed by atoms with Gasteiger partial charge in [-0.15, -0.1) is 0 Å². The summed E-state index contributed by atoms with van der Waals surface area (Å²) in [7, 11) is 1.27. The normalized spacial score (nSPS) is 10.0. The average Bonchev–Trinajstić information content (AvgIpc) is 2.68. The van der Waals surface area contributed by atoms with E-state index < -0.39 is 24.5 Å². The molecule has 0 unspecified atom stereocenters. The predicted octanol–water partition coefficient (Wildman–Crippen LogP) is 2.46. The third-order valence-corrected chi connectivity index (χ3v) is 3.92. The van der Waals surface area contributed by atoms with Gasteiger partial charge in [0.15, 0.2) is 6.61 Å². The number of methoxy groups -OCH3 is 1. The van der Waals surface area contributed by atoms with Crippen LogP contribution in [-0.2, 0) is 30.3 Å². The van der Waals surface area contributed by atoms with Crippen LogP contribution in [0.5, 0.6) is 0 Å². The Morgan fingerprint density at radius 1 is 0.966 bits per heavy atom. The summed E-state index contributed by atoms with van der Waals surface area (Å²) in [5.41, 5.74) is 2.79. The third-order valence-electron chi connectivity index (χ3n) is 3.92. The van der Waals surface area contributed by atoms with Crippen LogP contribution in [-0.4, -0.2) is 37.5 Å². The number of hydrogen-bond donors (Lipinski definition) is 2. The Balaban J connectivity index is 1.86. The van der Waals surface area contributed by atoms with E-state index >= 15 is 0 Å². The van der Waals surface area contributed by atoms with Gasteiger partial charge in [-0.1, -0.05) is 18.2 Å². The largest absolute Gasteiger partial charge is 0.465 e. The van der Waals surface area contributed by atoms with E-state index in [2.05, 4.69) is 15.4 Å². The minimum Gasteiger partial charge on any atom is -0.465 e. The minimum atomic E-state index is -0.563. The highest BCUT2D eigenvalue weighted by Crippen LogP contribution is 2.17. The van der Waals surface area contributed by atoms with Crippen molar-refractivity contribution in [3.8, 4) is 0 Å². The molecular formula is C21H22N2O6. The summed E-state index contributed by atoms with van der Waals surface area (Å²) in [6.07, 6.45) is -0.00944. The Morgan fingerprint density at radius 2 is 1.66 bits per heavy atom. The van der Waals surface area contributed by atoms with E-state index in [1.54, 1.807) is 43.3 Å². The molecule has 0 spiro atoms. The summed E-state index contributed by atoms with van der Waals surface area (Å²) < 4.78 is 9.66. The van der Waals surface area contributed by atoms with Crippen molar-refractivity contribution in [2.75, 3.05) is 24.4 Å². The van der Waals surface area contributed by atoms with Gasteiger partial charge < -0.3 is 20.1 Å². The van der Waals surface area contributed by atoms with Gasteiger partial charge in [0.2, 0.25) is 5.91 Å². The molecule has 2 aromatic carbocycles. The fourth-order valence-electron chi connectivity index (χ4n) is 2.46. The van der Waals surface area contributed by atoms with Crippen LogP contribution in [0.25, 0.3) is 0 Å². The molecule has 29 heavy (non-hydrogen) atoms. The van der Waals surface area contributed by atoms with Gasteiger partial charge in [0, 0.05) is 18.3 Å². The number of amides is 2. The highest BCUT2D eigenvalue weighted by molar-refractivity contribution is 5.96. The Labute approximate surface area is 168 Å². The molecule has 0 fully saturated rings. The number of anilines is 2. The molecule has 2 aromatic rings. The Hall–Kier alpha value is -3.68. The van der Waals surface area contributed by atoms with Gasteiger partial charge in [-0.05, 0) is 42.3 Å². The van der Waals surface area contributed by atoms with Crippen LogP contribution in [0, 0.1) is 6.92 Å².